The van der Waals surface area contributed by atoms with Gasteiger partial charge in [0.15, 0.2) is 5.78 Å². The molecule has 3 nitrogen and oxygen atoms in total. The first-order valence-electron chi connectivity index (χ1n) is 6.47. The van der Waals surface area contributed by atoms with E-state index in [2.05, 4.69) is 4.90 Å². The van der Waals surface area contributed by atoms with E-state index in [1.165, 1.54) is 19.3 Å². The number of nitrogen functional groups attached to an aromatic ring is 1. The van der Waals surface area contributed by atoms with Crippen molar-refractivity contribution in [1.82, 2.24) is 4.90 Å². The molecule has 0 bridgehead atoms. The lowest BCUT2D eigenvalue weighted by molar-refractivity contribution is 0.0958. The molecule has 0 amide bonds. The van der Waals surface area contributed by atoms with Crippen molar-refractivity contribution in [2.24, 2.45) is 0 Å². The Morgan fingerprint density at radius 2 is 2.00 bits per heavy atom. The van der Waals surface area contributed by atoms with Gasteiger partial charge in [0, 0.05) is 18.5 Å². The van der Waals surface area contributed by atoms with Gasteiger partial charge in [-0.15, -0.1) is 0 Å². The number of ketones is 1. The van der Waals surface area contributed by atoms with Crippen LogP contribution in [-0.2, 0) is 0 Å². The van der Waals surface area contributed by atoms with Crippen molar-refractivity contribution in [1.29, 1.82) is 0 Å². The van der Waals surface area contributed by atoms with Crippen LogP contribution in [0.5, 0.6) is 0 Å². The van der Waals surface area contributed by atoms with Crippen LogP contribution in [0.2, 0.25) is 5.02 Å². The normalized spacial score (nSPS) is 16.7. The first kappa shape index (κ1) is 13.4. The van der Waals surface area contributed by atoms with Crippen LogP contribution in [0.25, 0.3) is 0 Å². The standard InChI is InChI=1S/C14H19ClN2O/c15-12-5-4-11(10-13(12)16)14(18)6-9-17-7-2-1-3-8-17/h4-5,10H,1-3,6-9,16H2. The first-order valence-corrected chi connectivity index (χ1v) is 6.85. The third kappa shape index (κ3) is 3.47. The Hall–Kier alpha value is -1.06. The average molecular weight is 267 g/mol. The highest BCUT2D eigenvalue weighted by molar-refractivity contribution is 6.33. The van der Waals surface area contributed by atoms with Gasteiger partial charge in [-0.05, 0) is 44.1 Å². The fourth-order valence-electron chi connectivity index (χ4n) is 2.30. The van der Waals surface area contributed by atoms with Gasteiger partial charge in [0.2, 0.25) is 0 Å². The predicted octanol–water partition coefficient (Wildman–Crippen LogP) is 2.98. The monoisotopic (exact) mass is 266 g/mol. The topological polar surface area (TPSA) is 46.3 Å². The van der Waals surface area contributed by atoms with Gasteiger partial charge in [0.05, 0.1) is 10.7 Å². The second kappa shape index (κ2) is 6.21. The number of rotatable bonds is 4. The van der Waals surface area contributed by atoms with Gasteiger partial charge in [-0.3, -0.25) is 4.79 Å². The van der Waals surface area contributed by atoms with E-state index in [1.807, 2.05) is 0 Å². The van der Waals surface area contributed by atoms with Crippen molar-refractivity contribution in [2.45, 2.75) is 25.7 Å². The predicted molar refractivity (Wildman–Crippen MR) is 75.1 cm³/mol. The quantitative estimate of drug-likeness (QED) is 0.673. The molecule has 18 heavy (non-hydrogen) atoms. The SMILES string of the molecule is Nc1cc(C(=O)CCN2CCCCC2)ccc1Cl. The number of benzene rings is 1. The Kier molecular flexibility index (Phi) is 4.61. The van der Waals surface area contributed by atoms with E-state index in [0.717, 1.165) is 19.6 Å². The summed E-state index contributed by atoms with van der Waals surface area (Å²) in [5, 5.41) is 0.502. The zero-order valence-corrected chi connectivity index (χ0v) is 11.2. The molecule has 1 fully saturated rings. The number of likely N-dealkylation sites (tertiary alicyclic amines) is 1. The number of anilines is 1. The summed E-state index contributed by atoms with van der Waals surface area (Å²) in [7, 11) is 0. The molecular weight excluding hydrogens is 248 g/mol. The summed E-state index contributed by atoms with van der Waals surface area (Å²) in [5.41, 5.74) is 6.84. The molecule has 0 radical (unpaired) electrons. The summed E-state index contributed by atoms with van der Waals surface area (Å²) in [6.45, 7) is 3.09. The Bertz CT molecular complexity index is 428. The maximum absolute atomic E-state index is 12.0. The zero-order chi connectivity index (χ0) is 13.0. The lowest BCUT2D eigenvalue weighted by Gasteiger charge is -2.25. The van der Waals surface area contributed by atoms with Crippen LogP contribution in [-0.4, -0.2) is 30.3 Å². The van der Waals surface area contributed by atoms with Crippen molar-refractivity contribution in [3.05, 3.63) is 28.8 Å². The molecule has 0 saturated carbocycles. The fourth-order valence-corrected chi connectivity index (χ4v) is 2.42. The number of carbonyl (C=O) groups excluding carboxylic acids is 1. The van der Waals surface area contributed by atoms with E-state index >= 15 is 0 Å². The molecule has 0 aromatic heterocycles. The minimum absolute atomic E-state index is 0.143. The van der Waals surface area contributed by atoms with Gasteiger partial charge >= 0.3 is 0 Å². The molecular formula is C14H19ClN2O. The third-order valence-corrected chi connectivity index (χ3v) is 3.77. The van der Waals surface area contributed by atoms with Crippen molar-refractivity contribution in [3.8, 4) is 0 Å². The van der Waals surface area contributed by atoms with Gasteiger partial charge in [0.1, 0.15) is 0 Å². The number of nitrogens with two attached hydrogens (primary N) is 1. The molecule has 1 aromatic rings. The third-order valence-electron chi connectivity index (χ3n) is 3.42. The van der Waals surface area contributed by atoms with Crippen LogP contribution >= 0.6 is 11.6 Å². The number of halogens is 1. The minimum Gasteiger partial charge on any atom is -0.398 e. The number of carbonyl (C=O) groups is 1. The van der Waals surface area contributed by atoms with E-state index < -0.39 is 0 Å². The molecule has 2 rings (SSSR count). The van der Waals surface area contributed by atoms with Crippen LogP contribution in [0.3, 0.4) is 0 Å². The highest BCUT2D eigenvalue weighted by atomic mass is 35.5. The van der Waals surface area contributed by atoms with Crippen LogP contribution in [0.1, 0.15) is 36.0 Å². The Labute approximate surface area is 113 Å². The lowest BCUT2D eigenvalue weighted by atomic mass is 10.1. The summed E-state index contributed by atoms with van der Waals surface area (Å²) in [6.07, 6.45) is 4.38. The molecule has 1 heterocycles. The molecule has 0 aliphatic carbocycles. The molecule has 1 aromatic carbocycles. The van der Waals surface area contributed by atoms with Crippen molar-refractivity contribution in [2.75, 3.05) is 25.4 Å². The number of Topliss-reactive ketones (excluding diaryl/α,β-unsaturated/α-hetero) is 1. The zero-order valence-electron chi connectivity index (χ0n) is 10.5. The van der Waals surface area contributed by atoms with E-state index in [4.69, 9.17) is 17.3 Å². The smallest absolute Gasteiger partial charge is 0.164 e. The number of hydrogen-bond donors (Lipinski definition) is 1. The molecule has 0 atom stereocenters. The molecule has 98 valence electrons. The average Bonchev–Trinajstić information content (AvgIpc) is 2.40. The molecule has 1 aliphatic rings. The van der Waals surface area contributed by atoms with E-state index in [1.54, 1.807) is 18.2 Å². The largest absolute Gasteiger partial charge is 0.398 e. The van der Waals surface area contributed by atoms with Gasteiger partial charge in [-0.2, -0.15) is 0 Å². The minimum atomic E-state index is 0.143. The van der Waals surface area contributed by atoms with Gasteiger partial charge in [0.25, 0.3) is 0 Å². The second-order valence-corrected chi connectivity index (χ2v) is 5.22. The van der Waals surface area contributed by atoms with Crippen LogP contribution < -0.4 is 5.73 Å². The first-order chi connectivity index (χ1) is 8.66. The second-order valence-electron chi connectivity index (χ2n) is 4.81. The van der Waals surface area contributed by atoms with Crippen LogP contribution in [0.4, 0.5) is 5.69 Å². The fraction of sp³-hybridized carbons (Fsp3) is 0.500. The highest BCUT2D eigenvalue weighted by Gasteiger charge is 2.13. The molecule has 0 unspecified atom stereocenters. The van der Waals surface area contributed by atoms with Crippen molar-refractivity contribution < 1.29 is 4.79 Å². The summed E-state index contributed by atoms with van der Waals surface area (Å²) in [6, 6.07) is 5.10. The molecule has 1 aliphatic heterocycles. The van der Waals surface area contributed by atoms with E-state index in [0.29, 0.717) is 22.7 Å². The number of hydrogen-bond acceptors (Lipinski definition) is 3. The Morgan fingerprint density at radius 3 is 2.67 bits per heavy atom. The molecule has 0 spiro atoms. The van der Waals surface area contributed by atoms with Gasteiger partial charge in [-0.25, -0.2) is 0 Å². The lowest BCUT2D eigenvalue weighted by Crippen LogP contribution is -2.31. The maximum Gasteiger partial charge on any atom is 0.164 e. The van der Waals surface area contributed by atoms with Gasteiger partial charge in [-0.1, -0.05) is 18.0 Å². The Balaban J connectivity index is 1.88. The van der Waals surface area contributed by atoms with Crippen molar-refractivity contribution in [3.63, 3.8) is 0 Å². The number of piperidine rings is 1. The van der Waals surface area contributed by atoms with E-state index in [-0.39, 0.29) is 5.78 Å². The van der Waals surface area contributed by atoms with Crippen molar-refractivity contribution >= 4 is 23.1 Å². The summed E-state index contributed by atoms with van der Waals surface area (Å²) in [5.74, 6) is 0.143. The highest BCUT2D eigenvalue weighted by Crippen LogP contribution is 2.20. The molecule has 2 N–H and O–H groups in total. The van der Waals surface area contributed by atoms with Crippen LogP contribution in [0, 0.1) is 0 Å². The van der Waals surface area contributed by atoms with Gasteiger partial charge < -0.3 is 10.6 Å². The maximum atomic E-state index is 12.0. The molecule has 1 saturated heterocycles. The Morgan fingerprint density at radius 1 is 1.28 bits per heavy atom. The summed E-state index contributed by atoms with van der Waals surface area (Å²) in [4.78, 5) is 14.4. The van der Waals surface area contributed by atoms with Crippen LogP contribution in [0.15, 0.2) is 18.2 Å². The summed E-state index contributed by atoms with van der Waals surface area (Å²) >= 11 is 5.84. The summed E-state index contributed by atoms with van der Waals surface area (Å²) < 4.78 is 0. The number of nitrogens with zero attached hydrogens (tertiary/aromatic N) is 1. The molecule has 4 heteroatoms. The van der Waals surface area contributed by atoms with E-state index in [9.17, 15) is 4.79 Å².